The molecule has 0 amide bonds. The molecule has 86 valence electrons. The van der Waals surface area contributed by atoms with Crippen LogP contribution in [0.3, 0.4) is 0 Å². The summed E-state index contributed by atoms with van der Waals surface area (Å²) in [7, 11) is 0. The summed E-state index contributed by atoms with van der Waals surface area (Å²) < 4.78 is 5.61. The third-order valence-corrected chi connectivity index (χ3v) is 2.29. The van der Waals surface area contributed by atoms with Gasteiger partial charge in [0.25, 0.3) is 0 Å². The van der Waals surface area contributed by atoms with Crippen LogP contribution in [-0.2, 0) is 0 Å². The van der Waals surface area contributed by atoms with E-state index in [1.807, 2.05) is 25.1 Å². The van der Waals surface area contributed by atoms with E-state index in [1.54, 1.807) is 0 Å². The van der Waals surface area contributed by atoms with Gasteiger partial charge >= 0.3 is 0 Å². The van der Waals surface area contributed by atoms with Crippen LogP contribution in [0.1, 0.15) is 25.3 Å². The predicted octanol–water partition coefficient (Wildman–Crippen LogP) is 2.50. The Labute approximate surface area is 97.8 Å². The normalized spacial score (nSPS) is 11.4. The Balaban J connectivity index is 2.26. The minimum Gasteiger partial charge on any atom is -0.494 e. The second-order valence-corrected chi connectivity index (χ2v) is 3.84. The summed E-state index contributed by atoms with van der Waals surface area (Å²) in [6.45, 7) is 4.53. The highest BCUT2D eigenvalue weighted by atomic mass is 16.5. The molecule has 2 heteroatoms. The smallest absolute Gasteiger partial charge is 0.119 e. The number of aryl methyl sites for hydroxylation is 1. The molecule has 16 heavy (non-hydrogen) atoms. The molecule has 1 unspecified atom stereocenters. The number of rotatable bonds is 5. The van der Waals surface area contributed by atoms with Crippen LogP contribution in [-0.4, -0.2) is 12.6 Å². The second-order valence-electron chi connectivity index (χ2n) is 3.84. The molecule has 0 aliphatic carbocycles. The monoisotopic (exact) mass is 217 g/mol. The van der Waals surface area contributed by atoms with Gasteiger partial charge in [0.2, 0.25) is 0 Å². The minimum absolute atomic E-state index is 0.109. The Morgan fingerprint density at radius 1 is 1.44 bits per heavy atom. The summed E-state index contributed by atoms with van der Waals surface area (Å²) in [5.41, 5.74) is 7.08. The SMILES string of the molecule is CC#CCC(N)CCOc1cccc(C)c1. The van der Waals surface area contributed by atoms with Crippen molar-refractivity contribution in [2.75, 3.05) is 6.61 Å². The molecule has 0 fully saturated rings. The van der Waals surface area contributed by atoms with Crippen LogP contribution in [0.2, 0.25) is 0 Å². The fourth-order valence-corrected chi connectivity index (χ4v) is 1.37. The zero-order chi connectivity index (χ0) is 11.8. The first-order valence-electron chi connectivity index (χ1n) is 5.57. The van der Waals surface area contributed by atoms with Crippen molar-refractivity contribution in [3.05, 3.63) is 29.8 Å². The van der Waals surface area contributed by atoms with Crippen LogP contribution in [0.5, 0.6) is 5.75 Å². The molecule has 1 aromatic carbocycles. The molecule has 0 aliphatic rings. The molecule has 0 spiro atoms. The van der Waals surface area contributed by atoms with E-state index in [4.69, 9.17) is 10.5 Å². The minimum atomic E-state index is 0.109. The van der Waals surface area contributed by atoms with E-state index < -0.39 is 0 Å². The topological polar surface area (TPSA) is 35.2 Å². The largest absolute Gasteiger partial charge is 0.494 e. The van der Waals surface area contributed by atoms with Gasteiger partial charge in [-0.15, -0.1) is 11.8 Å². The van der Waals surface area contributed by atoms with Gasteiger partial charge in [-0.1, -0.05) is 12.1 Å². The van der Waals surface area contributed by atoms with Crippen LogP contribution in [0.15, 0.2) is 24.3 Å². The lowest BCUT2D eigenvalue weighted by Crippen LogP contribution is -2.22. The summed E-state index contributed by atoms with van der Waals surface area (Å²) in [5.74, 6) is 6.73. The lowest BCUT2D eigenvalue weighted by atomic mass is 10.1. The van der Waals surface area contributed by atoms with Crippen molar-refractivity contribution in [1.29, 1.82) is 0 Å². The molecule has 2 N–H and O–H groups in total. The predicted molar refractivity (Wildman–Crippen MR) is 67.3 cm³/mol. The zero-order valence-corrected chi connectivity index (χ0v) is 9.99. The number of hydrogen-bond acceptors (Lipinski definition) is 2. The highest BCUT2D eigenvalue weighted by Gasteiger charge is 2.01. The van der Waals surface area contributed by atoms with Gasteiger partial charge in [-0.2, -0.15) is 0 Å². The molecule has 1 rings (SSSR count). The fourth-order valence-electron chi connectivity index (χ4n) is 1.37. The number of ether oxygens (including phenoxy) is 1. The van der Waals surface area contributed by atoms with Gasteiger partial charge in [0.1, 0.15) is 5.75 Å². The van der Waals surface area contributed by atoms with E-state index in [9.17, 15) is 0 Å². The van der Waals surface area contributed by atoms with Gasteiger partial charge in [0.05, 0.1) is 6.61 Å². The Morgan fingerprint density at radius 2 is 2.25 bits per heavy atom. The summed E-state index contributed by atoms with van der Waals surface area (Å²) in [6, 6.07) is 8.14. The molecule has 0 aliphatic heterocycles. The standard InChI is InChI=1S/C14H19NO/c1-3-4-7-13(15)9-10-16-14-8-5-6-12(2)11-14/h5-6,8,11,13H,7,9-10,15H2,1-2H3. The highest BCUT2D eigenvalue weighted by Crippen LogP contribution is 2.12. The van der Waals surface area contributed by atoms with E-state index in [0.29, 0.717) is 6.61 Å². The number of benzene rings is 1. The first-order valence-corrected chi connectivity index (χ1v) is 5.57. The van der Waals surface area contributed by atoms with Crippen LogP contribution in [0, 0.1) is 18.8 Å². The van der Waals surface area contributed by atoms with Crippen molar-refractivity contribution >= 4 is 0 Å². The first kappa shape index (κ1) is 12.6. The summed E-state index contributed by atoms with van der Waals surface area (Å²) in [6.07, 6.45) is 1.58. The Morgan fingerprint density at radius 3 is 2.94 bits per heavy atom. The lowest BCUT2D eigenvalue weighted by Gasteiger charge is -2.10. The summed E-state index contributed by atoms with van der Waals surface area (Å²) in [5, 5.41) is 0. The van der Waals surface area contributed by atoms with E-state index in [1.165, 1.54) is 5.56 Å². The van der Waals surface area contributed by atoms with Crippen molar-refractivity contribution in [3.8, 4) is 17.6 Å². The van der Waals surface area contributed by atoms with Crippen molar-refractivity contribution in [2.24, 2.45) is 5.73 Å². The van der Waals surface area contributed by atoms with E-state index in [0.717, 1.165) is 18.6 Å². The van der Waals surface area contributed by atoms with E-state index >= 15 is 0 Å². The molecule has 0 radical (unpaired) electrons. The maximum absolute atomic E-state index is 5.87. The van der Waals surface area contributed by atoms with E-state index in [-0.39, 0.29) is 6.04 Å². The second kappa shape index (κ2) is 6.92. The first-order chi connectivity index (χ1) is 7.72. The molecule has 0 bridgehead atoms. The van der Waals surface area contributed by atoms with Gasteiger partial charge in [0, 0.05) is 12.5 Å². The van der Waals surface area contributed by atoms with Crippen molar-refractivity contribution in [3.63, 3.8) is 0 Å². The Hall–Kier alpha value is -1.46. The summed E-state index contributed by atoms with van der Waals surface area (Å²) >= 11 is 0. The average molecular weight is 217 g/mol. The Bertz CT molecular complexity index is 376. The average Bonchev–Trinajstić information content (AvgIpc) is 2.26. The lowest BCUT2D eigenvalue weighted by molar-refractivity contribution is 0.298. The van der Waals surface area contributed by atoms with Gasteiger partial charge in [-0.3, -0.25) is 0 Å². The van der Waals surface area contributed by atoms with Gasteiger partial charge in [0.15, 0.2) is 0 Å². The number of hydrogen-bond donors (Lipinski definition) is 1. The van der Waals surface area contributed by atoms with Crippen molar-refractivity contribution < 1.29 is 4.74 Å². The molecule has 0 aromatic heterocycles. The van der Waals surface area contributed by atoms with Crippen LogP contribution < -0.4 is 10.5 Å². The molecule has 0 heterocycles. The molecule has 0 saturated heterocycles. The van der Waals surface area contributed by atoms with E-state index in [2.05, 4.69) is 24.8 Å². The molecular formula is C14H19NO. The summed E-state index contributed by atoms with van der Waals surface area (Å²) in [4.78, 5) is 0. The molecule has 2 nitrogen and oxygen atoms in total. The third kappa shape index (κ3) is 4.86. The molecular weight excluding hydrogens is 198 g/mol. The van der Waals surface area contributed by atoms with Crippen LogP contribution in [0.25, 0.3) is 0 Å². The van der Waals surface area contributed by atoms with Crippen LogP contribution in [0.4, 0.5) is 0 Å². The van der Waals surface area contributed by atoms with Crippen molar-refractivity contribution in [2.45, 2.75) is 32.7 Å². The Kier molecular flexibility index (Phi) is 5.45. The fraction of sp³-hybridized carbons (Fsp3) is 0.429. The van der Waals surface area contributed by atoms with Gasteiger partial charge < -0.3 is 10.5 Å². The van der Waals surface area contributed by atoms with Crippen molar-refractivity contribution in [1.82, 2.24) is 0 Å². The number of nitrogens with two attached hydrogens (primary N) is 1. The van der Waals surface area contributed by atoms with Crippen LogP contribution >= 0.6 is 0 Å². The molecule has 0 saturated carbocycles. The zero-order valence-electron chi connectivity index (χ0n) is 9.99. The molecule has 1 aromatic rings. The maximum atomic E-state index is 5.87. The van der Waals surface area contributed by atoms with Gasteiger partial charge in [-0.05, 0) is 38.0 Å². The maximum Gasteiger partial charge on any atom is 0.119 e. The quantitative estimate of drug-likeness (QED) is 0.769. The third-order valence-electron chi connectivity index (χ3n) is 2.29. The molecule has 1 atom stereocenters. The highest BCUT2D eigenvalue weighted by molar-refractivity contribution is 5.27. The van der Waals surface area contributed by atoms with Gasteiger partial charge in [-0.25, -0.2) is 0 Å².